The van der Waals surface area contributed by atoms with Crippen LogP contribution >= 0.6 is 44.2 Å². The second kappa shape index (κ2) is 31.5. The summed E-state index contributed by atoms with van der Waals surface area (Å²) in [5, 5.41) is 44.9. The number of hydrogen-bond donors (Lipinski definition) is 6. The molecular formula is C9H12Ag3Br3F6O10. The smallest absolute Gasteiger partial charge is 0.509 e. The molecule has 0 aliphatic heterocycles. The first-order valence-corrected chi connectivity index (χ1v) is 9.93. The van der Waals surface area contributed by atoms with Crippen molar-refractivity contribution >= 4 is 62.6 Å². The van der Waals surface area contributed by atoms with Crippen molar-refractivity contribution in [1.29, 1.82) is 0 Å². The van der Waals surface area contributed by atoms with E-state index in [0.29, 0.717) is 0 Å². The minimum atomic E-state index is -3.99. The third kappa shape index (κ3) is 49.6. The third-order valence-corrected chi connectivity index (χ3v) is 1.49. The second-order valence-corrected chi connectivity index (χ2v) is 4.44. The van der Waals surface area contributed by atoms with Crippen LogP contribution in [0.2, 0.25) is 0 Å². The second-order valence-electron chi connectivity index (χ2n) is 3.28. The van der Waals surface area contributed by atoms with E-state index < -0.39 is 48.4 Å². The van der Waals surface area contributed by atoms with Gasteiger partial charge in [-0.15, -0.1) is 0 Å². The van der Waals surface area contributed by atoms with Gasteiger partial charge in [0, 0.05) is 73.0 Å². The summed E-state index contributed by atoms with van der Waals surface area (Å²) in [6, 6.07) is 0. The Balaban J connectivity index is -0.0000000366. The molecule has 0 aromatic heterocycles. The van der Waals surface area contributed by atoms with Crippen LogP contribution in [0.3, 0.4) is 0 Å². The Labute approximate surface area is 240 Å². The molecule has 0 unspecified atom stereocenters. The van der Waals surface area contributed by atoms with Gasteiger partial charge in [-0.3, -0.25) is 0 Å². The molecule has 10 nitrogen and oxygen atoms in total. The first-order valence-electron chi connectivity index (χ1n) is 5.42. The molecule has 0 atom stereocenters. The summed E-state index contributed by atoms with van der Waals surface area (Å²) in [6.45, 7) is -3.71. The van der Waals surface area contributed by atoms with Crippen molar-refractivity contribution in [3.05, 3.63) is 0 Å². The van der Waals surface area contributed by atoms with Crippen molar-refractivity contribution in [3.63, 3.8) is 0 Å². The fraction of sp³-hybridized carbons (Fsp3) is 0.667. The third-order valence-electron chi connectivity index (χ3n) is 1.24. The van der Waals surface area contributed by atoms with Crippen LogP contribution in [0.5, 0.6) is 0 Å². The minimum absolute atomic E-state index is 0. The topological polar surface area (TPSA) is 182 Å². The van der Waals surface area contributed by atoms with Gasteiger partial charge in [0.25, 0.3) is 0 Å². The molecule has 0 amide bonds. The zero-order chi connectivity index (χ0) is 24.2. The van der Waals surface area contributed by atoms with E-state index >= 15 is 0 Å². The molecule has 204 valence electrons. The number of halogens is 9. The number of carbonyl (C=O) groups excluding carboxylic acids is 1. The van der Waals surface area contributed by atoms with Gasteiger partial charge < -0.3 is 35.2 Å². The standard InChI is InChI=1S/2C3H4F2O3.C2H3BrF2O.CHO3.3Ag.Br2/c2*4-3(5,1-6)2(7)8;3-2(4,5)1-6;2-1-4-3;;;;1-2/h2*6H,1H2,(H,7,8);6H,1H2;3H;;;;/q;;;-1;;;+1;. The summed E-state index contributed by atoms with van der Waals surface area (Å²) >= 11 is 7.39. The van der Waals surface area contributed by atoms with Crippen LogP contribution in [0.25, 0.3) is 0 Å². The molecule has 0 aromatic rings. The Bertz CT molecular complexity index is 399. The molecule has 0 saturated carbocycles. The van der Waals surface area contributed by atoms with Gasteiger partial charge >= 0.3 is 51.0 Å². The van der Waals surface area contributed by atoms with Crippen molar-refractivity contribution in [3.8, 4) is 0 Å². The van der Waals surface area contributed by atoms with E-state index in [-0.39, 0.29) is 67.1 Å². The first kappa shape index (κ1) is 53.7. The van der Waals surface area contributed by atoms with E-state index in [1.807, 2.05) is 15.9 Å². The molecule has 31 heavy (non-hydrogen) atoms. The van der Waals surface area contributed by atoms with Gasteiger partial charge in [0.1, 0.15) is 19.8 Å². The van der Waals surface area contributed by atoms with Crippen LogP contribution in [0.4, 0.5) is 26.3 Å². The van der Waals surface area contributed by atoms with E-state index in [4.69, 9.17) is 35.6 Å². The summed E-state index contributed by atoms with van der Waals surface area (Å²) in [5.74, 6) is -12.6. The number of aliphatic carboxylic acids is 2. The molecule has 6 N–H and O–H groups in total. The average Bonchev–Trinajstić information content (AvgIpc) is 2.63. The number of carboxylic acid groups (broad SMARTS) is 2. The van der Waals surface area contributed by atoms with Crippen molar-refractivity contribution in [2.24, 2.45) is 0 Å². The summed E-state index contributed by atoms with van der Waals surface area (Å²) < 4.78 is 67.9. The van der Waals surface area contributed by atoms with E-state index in [1.165, 1.54) is 0 Å². The maximum absolute atomic E-state index is 11.4. The summed E-state index contributed by atoms with van der Waals surface area (Å²) in [7, 11) is 0. The quantitative estimate of drug-likeness (QED) is 0.0572. The van der Waals surface area contributed by atoms with Crippen LogP contribution in [-0.2, 0) is 86.4 Å². The Kier molecular flexibility index (Phi) is 54.6. The molecule has 0 heterocycles. The van der Waals surface area contributed by atoms with Crippen molar-refractivity contribution in [1.82, 2.24) is 0 Å². The monoisotopic (exact) mass is 952 g/mol. The number of carbonyl (C=O) groups is 2. The molecular weight excluding hydrogens is 945 g/mol. The number of aliphatic hydroxyl groups excluding tert-OH is 3. The van der Waals surface area contributed by atoms with Crippen LogP contribution in [0.15, 0.2) is 0 Å². The maximum Gasteiger partial charge on any atom is 1.00 e. The van der Waals surface area contributed by atoms with Gasteiger partial charge in [-0.25, -0.2) is 14.8 Å². The Hall–Kier alpha value is 1.49. The maximum atomic E-state index is 11.4. The normalized spacial score (nSPS) is 9.06. The molecule has 0 saturated heterocycles. The first-order chi connectivity index (χ1) is 12.5. The van der Waals surface area contributed by atoms with E-state index in [2.05, 4.69) is 33.1 Å². The van der Waals surface area contributed by atoms with Crippen LogP contribution < -0.4 is 0 Å². The Morgan fingerprint density at radius 3 is 0.968 bits per heavy atom. The zero-order valence-corrected chi connectivity index (χ0v) is 22.9. The van der Waals surface area contributed by atoms with Crippen molar-refractivity contribution in [2.75, 3.05) is 19.8 Å². The van der Waals surface area contributed by atoms with E-state index in [1.54, 1.807) is 0 Å². The molecule has 0 aliphatic rings. The molecule has 0 fully saturated rings. The SMILES string of the molecule is BrBr.O=C(O)C(F)(F)CO.O=C(O)C(F)(F)CO.O=[C-]OO.OCC(F)(F)Br.[Ag+].[Ag].[Ag]. The van der Waals surface area contributed by atoms with Crippen LogP contribution in [0, 0.1) is 0 Å². The predicted octanol–water partition coefficient (Wildman–Crippen LogP) is 1.59. The molecule has 0 aliphatic carbocycles. The zero-order valence-electron chi connectivity index (χ0n) is 13.7. The van der Waals surface area contributed by atoms with Gasteiger partial charge in [-0.1, -0.05) is 0 Å². The molecule has 0 spiro atoms. The molecule has 22 heteroatoms. The summed E-state index contributed by atoms with van der Waals surface area (Å²) in [5.41, 5.74) is 0. The average molecular weight is 957 g/mol. The Morgan fingerprint density at radius 1 is 0.806 bits per heavy atom. The molecule has 0 rings (SSSR count). The molecule has 0 bridgehead atoms. The molecule has 0 aromatic carbocycles. The summed E-state index contributed by atoms with van der Waals surface area (Å²) in [6.07, 6.45) is 0. The number of rotatable bonds is 6. The van der Waals surface area contributed by atoms with Gasteiger partial charge in [-0.2, -0.15) is 26.3 Å². The van der Waals surface area contributed by atoms with Gasteiger partial charge in [0.15, 0.2) is 0 Å². The fourth-order valence-corrected chi connectivity index (χ4v) is 0.135. The van der Waals surface area contributed by atoms with Gasteiger partial charge in [0.05, 0.1) is 0 Å². The van der Waals surface area contributed by atoms with Crippen molar-refractivity contribution in [2.45, 2.75) is 16.7 Å². The van der Waals surface area contributed by atoms with E-state index in [0.717, 1.165) is 6.47 Å². The predicted molar refractivity (Wildman–Crippen MR) is 87.6 cm³/mol. The minimum Gasteiger partial charge on any atom is -0.509 e. The van der Waals surface area contributed by atoms with Gasteiger partial charge in [0.2, 0.25) is 0 Å². The van der Waals surface area contributed by atoms with Crippen LogP contribution in [-0.4, -0.2) is 85.7 Å². The Morgan fingerprint density at radius 2 is 0.968 bits per heavy atom. The number of alkyl halides is 7. The van der Waals surface area contributed by atoms with Crippen molar-refractivity contribution < 1.29 is 144 Å². The summed E-state index contributed by atoms with van der Waals surface area (Å²) in [4.78, 5) is 26.9. The number of carboxylic acids is 2. The number of hydrogen-bond acceptors (Lipinski definition) is 8. The fourth-order valence-electron chi connectivity index (χ4n) is 0.135. The van der Waals surface area contributed by atoms with Crippen LogP contribution in [0.1, 0.15) is 0 Å². The van der Waals surface area contributed by atoms with E-state index in [9.17, 15) is 35.9 Å². The largest absolute Gasteiger partial charge is 1.00 e. The number of aliphatic hydroxyl groups is 3. The molecule has 2 radical (unpaired) electrons. The van der Waals surface area contributed by atoms with Gasteiger partial charge in [-0.05, 0) is 22.4 Å².